The van der Waals surface area contributed by atoms with Crippen LogP contribution in [0.4, 0.5) is 0 Å². The van der Waals surface area contributed by atoms with Crippen molar-refractivity contribution < 1.29 is 9.90 Å². The van der Waals surface area contributed by atoms with Crippen molar-refractivity contribution in [1.29, 1.82) is 0 Å². The molecule has 3 heteroatoms. The molecule has 0 bridgehead atoms. The molecule has 0 atom stereocenters. The predicted octanol–water partition coefficient (Wildman–Crippen LogP) is 2.52. The van der Waals surface area contributed by atoms with Crippen LogP contribution < -0.4 is 0 Å². The Kier molecular flexibility index (Phi) is 3.58. The first-order chi connectivity index (χ1) is 6.20. The molecule has 0 saturated carbocycles. The Balaban J connectivity index is 2.44. The Bertz CT molecular complexity index is 306. The van der Waals surface area contributed by atoms with Crippen molar-refractivity contribution in [3.05, 3.63) is 47.4 Å². The van der Waals surface area contributed by atoms with Crippen molar-refractivity contribution in [3.63, 3.8) is 0 Å². The smallest absolute Gasteiger partial charge is 0.341 e. The van der Waals surface area contributed by atoms with Crippen LogP contribution in [-0.4, -0.2) is 11.1 Å². The molecular formula is C10H10O2S. The van der Waals surface area contributed by atoms with E-state index in [1.807, 2.05) is 30.3 Å². The Morgan fingerprint density at radius 3 is 2.54 bits per heavy atom. The Labute approximate surface area is 81.3 Å². The maximum Gasteiger partial charge on any atom is 0.341 e. The van der Waals surface area contributed by atoms with Crippen LogP contribution >= 0.6 is 11.8 Å². The van der Waals surface area contributed by atoms with Gasteiger partial charge in [-0.25, -0.2) is 4.79 Å². The molecule has 1 N–H and O–H groups in total. The molecule has 0 aliphatic carbocycles. The Hall–Kier alpha value is -1.22. The fraction of sp³-hybridized carbons (Fsp3) is 0.100. The molecule has 1 rings (SSSR count). The first-order valence-electron chi connectivity index (χ1n) is 3.79. The van der Waals surface area contributed by atoms with E-state index in [1.165, 1.54) is 11.8 Å². The molecule has 0 spiro atoms. The summed E-state index contributed by atoms with van der Waals surface area (Å²) in [6.45, 7) is 3.43. The fourth-order valence-corrected chi connectivity index (χ4v) is 1.46. The van der Waals surface area contributed by atoms with Gasteiger partial charge in [0.2, 0.25) is 0 Å². The standard InChI is InChI=1S/C10H10O2S/c1-8(10(11)12)13-7-9-5-3-2-4-6-9/h2-6H,1,7H2,(H,11,12). The van der Waals surface area contributed by atoms with Gasteiger partial charge in [-0.2, -0.15) is 0 Å². The summed E-state index contributed by atoms with van der Waals surface area (Å²) in [4.78, 5) is 10.6. The number of rotatable bonds is 4. The monoisotopic (exact) mass is 194 g/mol. The minimum atomic E-state index is -0.944. The Morgan fingerprint density at radius 1 is 1.38 bits per heavy atom. The number of thioether (sulfide) groups is 1. The molecule has 0 unspecified atom stereocenters. The maximum absolute atomic E-state index is 10.4. The minimum absolute atomic E-state index is 0.184. The van der Waals surface area contributed by atoms with Crippen molar-refractivity contribution in [1.82, 2.24) is 0 Å². The van der Waals surface area contributed by atoms with Gasteiger partial charge in [0, 0.05) is 5.75 Å². The molecule has 0 aliphatic heterocycles. The number of carboxylic acid groups (broad SMARTS) is 1. The molecule has 2 nitrogen and oxygen atoms in total. The molecule has 13 heavy (non-hydrogen) atoms. The van der Waals surface area contributed by atoms with E-state index in [-0.39, 0.29) is 4.91 Å². The van der Waals surface area contributed by atoms with E-state index < -0.39 is 5.97 Å². The second kappa shape index (κ2) is 4.72. The second-order valence-corrected chi connectivity index (χ2v) is 3.57. The van der Waals surface area contributed by atoms with Crippen LogP contribution in [0.2, 0.25) is 0 Å². The summed E-state index contributed by atoms with van der Waals surface area (Å²) in [6, 6.07) is 9.71. The quantitative estimate of drug-likeness (QED) is 0.748. The first-order valence-corrected chi connectivity index (χ1v) is 4.77. The van der Waals surface area contributed by atoms with E-state index >= 15 is 0 Å². The molecule has 0 aromatic heterocycles. The molecular weight excluding hydrogens is 184 g/mol. The number of hydrogen-bond donors (Lipinski definition) is 1. The van der Waals surface area contributed by atoms with Crippen molar-refractivity contribution in [2.75, 3.05) is 0 Å². The van der Waals surface area contributed by atoms with Gasteiger partial charge in [-0.15, -0.1) is 11.8 Å². The third kappa shape index (κ3) is 3.34. The van der Waals surface area contributed by atoms with Crippen LogP contribution in [0.15, 0.2) is 41.8 Å². The van der Waals surface area contributed by atoms with E-state index in [4.69, 9.17) is 5.11 Å². The van der Waals surface area contributed by atoms with Gasteiger partial charge in [0.25, 0.3) is 0 Å². The molecule has 0 saturated heterocycles. The van der Waals surface area contributed by atoms with Crippen LogP contribution in [-0.2, 0) is 10.5 Å². The van der Waals surface area contributed by atoms with E-state index in [0.29, 0.717) is 5.75 Å². The highest BCUT2D eigenvalue weighted by atomic mass is 32.2. The lowest BCUT2D eigenvalue weighted by Crippen LogP contribution is -1.95. The topological polar surface area (TPSA) is 37.3 Å². The minimum Gasteiger partial charge on any atom is -0.477 e. The predicted molar refractivity (Wildman–Crippen MR) is 54.5 cm³/mol. The van der Waals surface area contributed by atoms with Gasteiger partial charge in [0.15, 0.2) is 0 Å². The SMILES string of the molecule is C=C(SCc1ccccc1)C(=O)O. The molecule has 0 radical (unpaired) electrons. The summed E-state index contributed by atoms with van der Waals surface area (Å²) in [5.41, 5.74) is 1.11. The van der Waals surface area contributed by atoms with Crippen LogP contribution in [0.1, 0.15) is 5.56 Å². The van der Waals surface area contributed by atoms with Crippen LogP contribution in [0.25, 0.3) is 0 Å². The number of carbonyl (C=O) groups is 1. The summed E-state index contributed by atoms with van der Waals surface area (Å²) < 4.78 is 0. The molecule has 0 amide bonds. The summed E-state index contributed by atoms with van der Waals surface area (Å²) in [6.07, 6.45) is 0. The molecule has 68 valence electrons. The molecule has 0 fully saturated rings. The molecule has 1 aromatic rings. The van der Waals surface area contributed by atoms with E-state index in [0.717, 1.165) is 5.56 Å². The molecule has 0 heterocycles. The average Bonchev–Trinajstić information content (AvgIpc) is 2.15. The lowest BCUT2D eigenvalue weighted by molar-refractivity contribution is -0.131. The van der Waals surface area contributed by atoms with Crippen molar-refractivity contribution >= 4 is 17.7 Å². The zero-order chi connectivity index (χ0) is 9.68. The van der Waals surface area contributed by atoms with Gasteiger partial charge >= 0.3 is 5.97 Å². The summed E-state index contributed by atoms with van der Waals surface area (Å²) in [5, 5.41) is 8.54. The number of aliphatic carboxylic acids is 1. The maximum atomic E-state index is 10.4. The van der Waals surface area contributed by atoms with Gasteiger partial charge in [0.05, 0.1) is 4.91 Å². The molecule has 1 aromatic carbocycles. The third-order valence-corrected chi connectivity index (χ3v) is 2.50. The van der Waals surface area contributed by atoms with Crippen LogP contribution in [0.3, 0.4) is 0 Å². The zero-order valence-corrected chi connectivity index (χ0v) is 7.88. The lowest BCUT2D eigenvalue weighted by atomic mass is 10.2. The van der Waals surface area contributed by atoms with E-state index in [1.54, 1.807) is 0 Å². The van der Waals surface area contributed by atoms with Crippen molar-refractivity contribution in [3.8, 4) is 0 Å². The Morgan fingerprint density at radius 2 is 2.00 bits per heavy atom. The highest BCUT2D eigenvalue weighted by molar-refractivity contribution is 8.03. The number of carboxylic acids is 1. The van der Waals surface area contributed by atoms with Gasteiger partial charge in [0.1, 0.15) is 0 Å². The number of benzene rings is 1. The summed E-state index contributed by atoms with van der Waals surface area (Å²) in [7, 11) is 0. The van der Waals surface area contributed by atoms with Crippen molar-refractivity contribution in [2.45, 2.75) is 5.75 Å². The third-order valence-electron chi connectivity index (χ3n) is 1.49. The van der Waals surface area contributed by atoms with Gasteiger partial charge in [-0.05, 0) is 5.56 Å². The van der Waals surface area contributed by atoms with E-state index in [9.17, 15) is 4.79 Å². The summed E-state index contributed by atoms with van der Waals surface area (Å²) in [5.74, 6) is -0.285. The first kappa shape index (κ1) is 9.86. The normalized spacial score (nSPS) is 9.54. The highest BCUT2D eigenvalue weighted by Gasteiger charge is 2.03. The average molecular weight is 194 g/mol. The fourth-order valence-electron chi connectivity index (χ4n) is 0.806. The van der Waals surface area contributed by atoms with Gasteiger partial charge in [-0.3, -0.25) is 0 Å². The second-order valence-electron chi connectivity index (χ2n) is 2.50. The van der Waals surface area contributed by atoms with Gasteiger partial charge < -0.3 is 5.11 Å². The largest absolute Gasteiger partial charge is 0.477 e. The zero-order valence-electron chi connectivity index (χ0n) is 7.06. The van der Waals surface area contributed by atoms with E-state index in [2.05, 4.69) is 6.58 Å². The van der Waals surface area contributed by atoms with Gasteiger partial charge in [-0.1, -0.05) is 36.9 Å². The van der Waals surface area contributed by atoms with Crippen molar-refractivity contribution in [2.24, 2.45) is 0 Å². The highest BCUT2D eigenvalue weighted by Crippen LogP contribution is 2.19. The van der Waals surface area contributed by atoms with Crippen LogP contribution in [0, 0.1) is 0 Å². The van der Waals surface area contributed by atoms with Crippen LogP contribution in [0.5, 0.6) is 0 Å². The molecule has 0 aliphatic rings. The number of hydrogen-bond acceptors (Lipinski definition) is 2. The lowest BCUT2D eigenvalue weighted by Gasteiger charge is -1.99. The summed E-state index contributed by atoms with van der Waals surface area (Å²) >= 11 is 1.24.